The molecule has 4 saturated carbocycles. The molecule has 0 aliphatic heterocycles. The molecule has 0 spiro atoms. The predicted octanol–water partition coefficient (Wildman–Crippen LogP) is 6.49. The number of halogens is 1. The van der Waals surface area contributed by atoms with Crippen LogP contribution in [0, 0.1) is 17.8 Å². The molecule has 188 valence electrons. The van der Waals surface area contributed by atoms with Gasteiger partial charge in [0.15, 0.2) is 0 Å². The van der Waals surface area contributed by atoms with E-state index >= 15 is 0 Å². The van der Waals surface area contributed by atoms with Crippen molar-refractivity contribution in [2.24, 2.45) is 17.8 Å². The van der Waals surface area contributed by atoms with Gasteiger partial charge in [0.1, 0.15) is 0 Å². The number of carbonyl (C=O) groups is 1. The predicted molar refractivity (Wildman–Crippen MR) is 144 cm³/mol. The number of nitrogens with zero attached hydrogens (tertiary/aromatic N) is 4. The van der Waals surface area contributed by atoms with Gasteiger partial charge < -0.3 is 5.32 Å². The topological polar surface area (TPSA) is 64.7 Å². The zero-order chi connectivity index (χ0) is 25.0. The first-order valence-electron chi connectivity index (χ1n) is 13.3. The Kier molecular flexibility index (Phi) is 5.47. The number of anilines is 1. The van der Waals surface area contributed by atoms with Crippen LogP contribution in [0.15, 0.2) is 73.2 Å². The van der Waals surface area contributed by atoms with Crippen molar-refractivity contribution in [1.29, 1.82) is 0 Å². The number of amides is 1. The number of nitrogens with one attached hydrogen (secondary N) is 1. The highest BCUT2D eigenvalue weighted by Crippen LogP contribution is 2.60. The van der Waals surface area contributed by atoms with E-state index in [9.17, 15) is 4.79 Å². The van der Waals surface area contributed by atoms with Gasteiger partial charge in [0.05, 0.1) is 34.7 Å². The van der Waals surface area contributed by atoms with Gasteiger partial charge in [-0.2, -0.15) is 10.2 Å². The Morgan fingerprint density at radius 3 is 2.38 bits per heavy atom. The van der Waals surface area contributed by atoms with E-state index in [2.05, 4.69) is 10.4 Å². The van der Waals surface area contributed by atoms with Gasteiger partial charge in [-0.25, -0.2) is 4.68 Å². The van der Waals surface area contributed by atoms with Crippen molar-refractivity contribution in [2.75, 3.05) is 5.32 Å². The fraction of sp³-hybridized carbons (Fsp3) is 0.367. The molecule has 1 amide bonds. The van der Waals surface area contributed by atoms with E-state index in [4.69, 9.17) is 16.7 Å². The molecule has 4 aliphatic carbocycles. The van der Waals surface area contributed by atoms with Crippen molar-refractivity contribution in [3.63, 3.8) is 0 Å². The molecule has 6 nitrogen and oxygen atoms in total. The van der Waals surface area contributed by atoms with Gasteiger partial charge in [0.25, 0.3) is 5.91 Å². The fourth-order valence-corrected chi connectivity index (χ4v) is 7.76. The maximum Gasteiger partial charge on any atom is 0.259 e. The Morgan fingerprint density at radius 1 is 0.973 bits per heavy atom. The van der Waals surface area contributed by atoms with E-state index in [1.807, 2.05) is 65.5 Å². The molecule has 0 unspecified atom stereocenters. The first-order valence-corrected chi connectivity index (χ1v) is 13.6. The maximum absolute atomic E-state index is 13.8. The van der Waals surface area contributed by atoms with E-state index in [1.165, 1.54) is 19.3 Å². The van der Waals surface area contributed by atoms with Crippen LogP contribution in [-0.4, -0.2) is 25.5 Å². The lowest BCUT2D eigenvalue weighted by Crippen LogP contribution is -2.49. The Hall–Kier alpha value is -3.38. The molecule has 0 radical (unpaired) electrons. The van der Waals surface area contributed by atoms with Crippen molar-refractivity contribution in [2.45, 2.75) is 50.5 Å². The van der Waals surface area contributed by atoms with Gasteiger partial charge in [0, 0.05) is 23.5 Å². The highest BCUT2D eigenvalue weighted by molar-refractivity contribution is 6.30. The summed E-state index contributed by atoms with van der Waals surface area (Å²) < 4.78 is 3.69. The fourth-order valence-electron chi connectivity index (χ4n) is 7.60. The number of para-hydroxylation sites is 1. The van der Waals surface area contributed by atoms with Crippen LogP contribution in [0.25, 0.3) is 5.69 Å². The number of benzene rings is 2. The van der Waals surface area contributed by atoms with E-state index < -0.39 is 0 Å². The van der Waals surface area contributed by atoms with Crippen LogP contribution >= 0.6 is 11.6 Å². The summed E-state index contributed by atoms with van der Waals surface area (Å²) in [6.07, 6.45) is 12.9. The minimum Gasteiger partial charge on any atom is -0.322 e. The summed E-state index contributed by atoms with van der Waals surface area (Å²) in [5.74, 6) is 2.23. The number of hydrogen-bond donors (Lipinski definition) is 1. The largest absolute Gasteiger partial charge is 0.322 e. The smallest absolute Gasteiger partial charge is 0.259 e. The van der Waals surface area contributed by atoms with Gasteiger partial charge in [-0.05, 0) is 86.1 Å². The Balaban J connectivity index is 1.22. The van der Waals surface area contributed by atoms with Gasteiger partial charge in [-0.3, -0.25) is 9.48 Å². The molecule has 2 aromatic heterocycles. The minimum atomic E-state index is -0.0905. The van der Waals surface area contributed by atoms with Gasteiger partial charge in [-0.15, -0.1) is 0 Å². The molecule has 0 saturated heterocycles. The number of aromatic nitrogens is 4. The lowest BCUT2D eigenvalue weighted by atomic mass is 9.48. The van der Waals surface area contributed by atoms with E-state index in [1.54, 1.807) is 17.1 Å². The van der Waals surface area contributed by atoms with E-state index in [0.717, 1.165) is 59.6 Å². The van der Waals surface area contributed by atoms with Crippen molar-refractivity contribution in [3.8, 4) is 5.69 Å². The van der Waals surface area contributed by atoms with E-state index in [0.29, 0.717) is 17.1 Å². The SMILES string of the molecule is O=C(Nc1cccc(Cn2cc(Cl)cn2)c1)c1cn(-c2ccccc2)nc1C12CC3CC(CC(C3)C1)C2. The second-order valence-corrected chi connectivity index (χ2v) is 11.8. The summed E-state index contributed by atoms with van der Waals surface area (Å²) in [5, 5.41) is 13.2. The van der Waals surface area contributed by atoms with Crippen LogP contribution in [0.1, 0.15) is 60.1 Å². The van der Waals surface area contributed by atoms with Crippen molar-refractivity contribution >= 4 is 23.2 Å². The van der Waals surface area contributed by atoms with Crippen LogP contribution in [0.3, 0.4) is 0 Å². The molecule has 0 atom stereocenters. The molecule has 2 heterocycles. The molecule has 4 fully saturated rings. The summed E-state index contributed by atoms with van der Waals surface area (Å²) >= 11 is 6.02. The first-order chi connectivity index (χ1) is 18.0. The average molecular weight is 512 g/mol. The molecule has 7 heteroatoms. The van der Waals surface area contributed by atoms with Crippen molar-refractivity contribution in [3.05, 3.63) is 95.0 Å². The first kappa shape index (κ1) is 22.8. The average Bonchev–Trinajstić information content (AvgIpc) is 3.51. The summed E-state index contributed by atoms with van der Waals surface area (Å²) in [6, 6.07) is 18.0. The monoisotopic (exact) mass is 511 g/mol. The lowest BCUT2D eigenvalue weighted by Gasteiger charge is -2.56. The van der Waals surface area contributed by atoms with Crippen molar-refractivity contribution in [1.82, 2.24) is 19.6 Å². The summed E-state index contributed by atoms with van der Waals surface area (Å²) in [4.78, 5) is 13.8. The van der Waals surface area contributed by atoms with Crippen LogP contribution in [0.2, 0.25) is 5.02 Å². The van der Waals surface area contributed by atoms with Gasteiger partial charge in [0.2, 0.25) is 0 Å². The van der Waals surface area contributed by atoms with Crippen LogP contribution in [0.4, 0.5) is 5.69 Å². The summed E-state index contributed by atoms with van der Waals surface area (Å²) in [7, 11) is 0. The van der Waals surface area contributed by atoms with Crippen molar-refractivity contribution < 1.29 is 4.79 Å². The Labute approximate surface area is 221 Å². The third-order valence-electron chi connectivity index (χ3n) is 8.65. The third-order valence-corrected chi connectivity index (χ3v) is 8.85. The molecule has 1 N–H and O–H groups in total. The van der Waals surface area contributed by atoms with Crippen LogP contribution in [-0.2, 0) is 12.0 Å². The second-order valence-electron chi connectivity index (χ2n) is 11.4. The molecule has 2 aromatic carbocycles. The van der Waals surface area contributed by atoms with Crippen LogP contribution in [0.5, 0.6) is 0 Å². The highest BCUT2D eigenvalue weighted by atomic mass is 35.5. The normalized spacial score (nSPS) is 25.9. The standard InChI is InChI=1S/C30H30ClN5O/c31-24-16-32-35(18-24)17-20-5-4-6-25(12-20)33-29(37)27-19-36(26-7-2-1-3-8-26)34-28(27)30-13-21-9-22(14-30)11-23(10-21)15-30/h1-8,12,16,18-19,21-23H,9-11,13-15,17H2,(H,33,37). The van der Waals surface area contributed by atoms with Gasteiger partial charge in [-0.1, -0.05) is 41.9 Å². The highest BCUT2D eigenvalue weighted by Gasteiger charge is 2.53. The molecule has 4 bridgehead atoms. The van der Waals surface area contributed by atoms with Gasteiger partial charge >= 0.3 is 0 Å². The molecular weight excluding hydrogens is 482 g/mol. The molecule has 4 aliphatic rings. The quantitative estimate of drug-likeness (QED) is 0.322. The van der Waals surface area contributed by atoms with Crippen LogP contribution < -0.4 is 5.32 Å². The molecule has 4 aromatic rings. The van der Waals surface area contributed by atoms with E-state index in [-0.39, 0.29) is 11.3 Å². The number of hydrogen-bond acceptors (Lipinski definition) is 3. The minimum absolute atomic E-state index is 0.0165. The number of carbonyl (C=O) groups excluding carboxylic acids is 1. The zero-order valence-electron chi connectivity index (χ0n) is 20.7. The molecular formula is C30H30ClN5O. The Bertz CT molecular complexity index is 1420. The third kappa shape index (κ3) is 4.27. The summed E-state index contributed by atoms with van der Waals surface area (Å²) in [6.45, 7) is 0.584. The molecule has 8 rings (SSSR count). The zero-order valence-corrected chi connectivity index (χ0v) is 21.4. The summed E-state index contributed by atoms with van der Waals surface area (Å²) in [5.41, 5.74) is 4.50. The number of rotatable bonds is 6. The lowest BCUT2D eigenvalue weighted by molar-refractivity contribution is -0.00765. The Morgan fingerprint density at radius 2 is 1.70 bits per heavy atom. The second kappa shape index (κ2) is 8.88. The molecule has 37 heavy (non-hydrogen) atoms. The maximum atomic E-state index is 13.8.